The average molecular weight is 364 g/mol. The van der Waals surface area contributed by atoms with Gasteiger partial charge in [0.1, 0.15) is 0 Å². The van der Waals surface area contributed by atoms with Crippen molar-refractivity contribution in [1.29, 1.82) is 0 Å². The minimum Gasteiger partial charge on any atom is -0.355 e. The van der Waals surface area contributed by atoms with Gasteiger partial charge in [0.15, 0.2) is 11.5 Å². The third kappa shape index (κ3) is 4.01. The molecule has 0 aliphatic heterocycles. The lowest BCUT2D eigenvalue weighted by Crippen LogP contribution is -2.52. The number of halogens is 2. The van der Waals surface area contributed by atoms with Crippen molar-refractivity contribution >= 4 is 41.3 Å². The van der Waals surface area contributed by atoms with Crippen LogP contribution in [0.15, 0.2) is 22.7 Å². The molecule has 2 rings (SSSR count). The van der Waals surface area contributed by atoms with Gasteiger partial charge in [-0.15, -0.1) is 23.7 Å². The van der Waals surface area contributed by atoms with Gasteiger partial charge in [0.25, 0.3) is 5.91 Å². The first kappa shape index (κ1) is 19.0. The average Bonchev–Trinajstić information content (AvgIpc) is 3.13. The lowest BCUT2D eigenvalue weighted by atomic mass is 9.93. The fourth-order valence-corrected chi connectivity index (χ4v) is 3.01. The number of nitrogens with one attached hydrogen (secondary N) is 1. The molecule has 22 heavy (non-hydrogen) atoms. The summed E-state index contributed by atoms with van der Waals surface area (Å²) in [6, 6.07) is 5.22. The van der Waals surface area contributed by atoms with E-state index in [1.165, 1.54) is 11.3 Å². The minimum absolute atomic E-state index is 0. The molecule has 0 atom stereocenters. The number of aromatic nitrogens is 1. The summed E-state index contributed by atoms with van der Waals surface area (Å²) in [7, 11) is 0. The molecule has 0 aliphatic carbocycles. The molecular weight excluding hydrogens is 345 g/mol. The fraction of sp³-hybridized carbons (Fsp3) is 0.429. The summed E-state index contributed by atoms with van der Waals surface area (Å²) < 4.78 is 5.87. The largest absolute Gasteiger partial charge is 0.355 e. The zero-order chi connectivity index (χ0) is 15.5. The van der Waals surface area contributed by atoms with Crippen LogP contribution in [0.4, 0.5) is 0 Å². The van der Waals surface area contributed by atoms with Gasteiger partial charge in [-0.1, -0.05) is 30.6 Å². The van der Waals surface area contributed by atoms with E-state index < -0.39 is 5.54 Å². The van der Waals surface area contributed by atoms with E-state index in [2.05, 4.69) is 10.5 Å². The second kappa shape index (κ2) is 7.97. The van der Waals surface area contributed by atoms with Gasteiger partial charge < -0.3 is 15.6 Å². The Balaban J connectivity index is 0.00000242. The number of amides is 1. The summed E-state index contributed by atoms with van der Waals surface area (Å²) in [4.78, 5) is 13.1. The first-order valence-electron chi connectivity index (χ1n) is 6.78. The number of rotatable bonds is 6. The lowest BCUT2D eigenvalue weighted by molar-refractivity contribution is 0.0886. The summed E-state index contributed by atoms with van der Waals surface area (Å²) in [5.74, 6) is 0.255. The number of thiophene rings is 1. The van der Waals surface area contributed by atoms with Gasteiger partial charge in [-0.3, -0.25) is 4.79 Å². The normalized spacial score (nSPS) is 11.1. The number of nitrogens with two attached hydrogens (primary N) is 1. The van der Waals surface area contributed by atoms with E-state index >= 15 is 0 Å². The maximum absolute atomic E-state index is 12.3. The van der Waals surface area contributed by atoms with Crippen molar-refractivity contribution < 1.29 is 9.32 Å². The van der Waals surface area contributed by atoms with E-state index in [0.29, 0.717) is 16.6 Å². The second-order valence-corrected chi connectivity index (χ2v) is 6.54. The van der Waals surface area contributed by atoms with Gasteiger partial charge in [0.05, 0.1) is 14.8 Å². The molecular formula is C14H19Cl2N3O2S. The maximum atomic E-state index is 12.3. The summed E-state index contributed by atoms with van der Waals surface area (Å²) in [6.07, 6.45) is 1.52. The molecule has 0 aliphatic rings. The molecule has 2 aromatic heterocycles. The van der Waals surface area contributed by atoms with Crippen LogP contribution in [-0.4, -0.2) is 23.1 Å². The Morgan fingerprint density at radius 2 is 2.14 bits per heavy atom. The molecule has 1 amide bonds. The zero-order valence-corrected chi connectivity index (χ0v) is 14.8. The lowest BCUT2D eigenvalue weighted by Gasteiger charge is -2.30. The second-order valence-electron chi connectivity index (χ2n) is 4.83. The van der Waals surface area contributed by atoms with Crippen molar-refractivity contribution in [2.45, 2.75) is 32.2 Å². The number of hydrogen-bond donors (Lipinski definition) is 2. The Kier molecular flexibility index (Phi) is 6.87. The Hall–Kier alpha value is -1.08. The molecule has 3 N–H and O–H groups in total. The fourth-order valence-electron chi connectivity index (χ4n) is 2.02. The van der Waals surface area contributed by atoms with E-state index in [4.69, 9.17) is 21.9 Å². The van der Waals surface area contributed by atoms with Gasteiger partial charge in [-0.25, -0.2) is 0 Å². The van der Waals surface area contributed by atoms with Crippen LogP contribution in [0.5, 0.6) is 0 Å². The number of nitrogens with zero attached hydrogens (tertiary/aromatic N) is 1. The number of hydrogen-bond acceptors (Lipinski definition) is 5. The van der Waals surface area contributed by atoms with Crippen molar-refractivity contribution in [2.24, 2.45) is 5.73 Å². The highest BCUT2D eigenvalue weighted by Gasteiger charge is 2.28. The molecule has 122 valence electrons. The van der Waals surface area contributed by atoms with E-state index in [1.54, 1.807) is 12.1 Å². The van der Waals surface area contributed by atoms with Crippen molar-refractivity contribution in [3.8, 4) is 10.6 Å². The van der Waals surface area contributed by atoms with Crippen molar-refractivity contribution in [1.82, 2.24) is 10.5 Å². The minimum atomic E-state index is -0.400. The van der Waals surface area contributed by atoms with Gasteiger partial charge in [0.2, 0.25) is 0 Å². The molecule has 0 spiro atoms. The van der Waals surface area contributed by atoms with Crippen LogP contribution in [0.25, 0.3) is 10.6 Å². The molecule has 2 heterocycles. The van der Waals surface area contributed by atoms with E-state index in [0.717, 1.165) is 17.7 Å². The Labute approximate surface area is 144 Å². The highest BCUT2D eigenvalue weighted by Crippen LogP contribution is 2.31. The predicted octanol–water partition coefficient (Wildman–Crippen LogP) is 3.73. The number of carbonyl (C=O) groups excluding carboxylic acids is 1. The van der Waals surface area contributed by atoms with Crippen LogP contribution in [-0.2, 0) is 0 Å². The van der Waals surface area contributed by atoms with E-state index in [9.17, 15) is 4.79 Å². The topological polar surface area (TPSA) is 81.1 Å². The molecule has 0 radical (unpaired) electrons. The van der Waals surface area contributed by atoms with Gasteiger partial charge >= 0.3 is 0 Å². The van der Waals surface area contributed by atoms with Crippen LogP contribution >= 0.6 is 35.3 Å². The monoisotopic (exact) mass is 363 g/mol. The first-order chi connectivity index (χ1) is 10.0. The molecule has 0 unspecified atom stereocenters. The summed E-state index contributed by atoms with van der Waals surface area (Å²) in [5.41, 5.74) is 5.63. The Morgan fingerprint density at radius 1 is 1.45 bits per heavy atom. The summed E-state index contributed by atoms with van der Waals surface area (Å²) >= 11 is 7.26. The van der Waals surface area contributed by atoms with Crippen LogP contribution in [0, 0.1) is 0 Å². The molecule has 0 fully saturated rings. The first-order valence-corrected chi connectivity index (χ1v) is 7.98. The third-order valence-electron chi connectivity index (χ3n) is 3.68. The van der Waals surface area contributed by atoms with Gasteiger partial charge in [0, 0.05) is 12.6 Å². The van der Waals surface area contributed by atoms with Crippen LogP contribution < -0.4 is 11.1 Å². The van der Waals surface area contributed by atoms with E-state index in [-0.39, 0.29) is 24.0 Å². The Morgan fingerprint density at radius 3 is 2.64 bits per heavy atom. The third-order valence-corrected chi connectivity index (χ3v) is 4.93. The van der Waals surface area contributed by atoms with Gasteiger partial charge in [-0.2, -0.15) is 0 Å². The smallest absolute Gasteiger partial charge is 0.273 e. The summed E-state index contributed by atoms with van der Waals surface area (Å²) in [5, 5.41) is 6.78. The van der Waals surface area contributed by atoms with Crippen molar-refractivity contribution in [3.05, 3.63) is 28.2 Å². The SMILES string of the molecule is CCC(CC)(CN)NC(=O)c1cc(-c2ccc(Cl)s2)on1.Cl. The maximum Gasteiger partial charge on any atom is 0.273 e. The highest BCUT2D eigenvalue weighted by atomic mass is 35.5. The van der Waals surface area contributed by atoms with Gasteiger partial charge in [-0.05, 0) is 25.0 Å². The van der Waals surface area contributed by atoms with E-state index in [1.807, 2.05) is 19.9 Å². The molecule has 2 aromatic rings. The molecule has 0 saturated carbocycles. The molecule has 0 bridgehead atoms. The van der Waals surface area contributed by atoms with Crippen molar-refractivity contribution in [2.75, 3.05) is 6.54 Å². The number of carbonyl (C=O) groups is 1. The molecule has 8 heteroatoms. The summed E-state index contributed by atoms with van der Waals surface area (Å²) in [6.45, 7) is 4.38. The quantitative estimate of drug-likeness (QED) is 0.819. The molecule has 0 saturated heterocycles. The highest BCUT2D eigenvalue weighted by molar-refractivity contribution is 7.19. The van der Waals surface area contributed by atoms with Crippen LogP contribution in [0.1, 0.15) is 37.2 Å². The Bertz CT molecular complexity index is 615. The van der Waals surface area contributed by atoms with Crippen molar-refractivity contribution in [3.63, 3.8) is 0 Å². The zero-order valence-electron chi connectivity index (χ0n) is 12.4. The molecule has 0 aromatic carbocycles. The standard InChI is InChI=1S/C14H18ClN3O2S.ClH/c1-3-14(4-2,8-16)17-13(19)9-7-10(20-18-9)11-5-6-12(15)21-11;/h5-7H,3-4,8,16H2,1-2H3,(H,17,19);1H. The van der Waals surface area contributed by atoms with Crippen LogP contribution in [0.2, 0.25) is 4.34 Å². The van der Waals surface area contributed by atoms with Crippen LogP contribution in [0.3, 0.4) is 0 Å². The molecule has 5 nitrogen and oxygen atoms in total. The predicted molar refractivity (Wildman–Crippen MR) is 91.9 cm³/mol.